The van der Waals surface area contributed by atoms with Crippen molar-refractivity contribution in [3.63, 3.8) is 0 Å². The first kappa shape index (κ1) is 12.3. The lowest BCUT2D eigenvalue weighted by Gasteiger charge is -2.41. The summed E-state index contributed by atoms with van der Waals surface area (Å²) in [4.78, 5) is 5.09. The Labute approximate surface area is 99.4 Å². The van der Waals surface area contributed by atoms with Crippen LogP contribution in [0.4, 0.5) is 0 Å². The molecule has 0 aromatic carbocycles. The second-order valence-corrected chi connectivity index (χ2v) is 5.50. The molecule has 3 nitrogen and oxygen atoms in total. The molecule has 0 aliphatic carbocycles. The molecule has 3 heteroatoms. The highest BCUT2D eigenvalue weighted by atomic mass is 16.3. The van der Waals surface area contributed by atoms with Gasteiger partial charge in [0.2, 0.25) is 0 Å². The number of nitrogens with zero attached hydrogens (tertiary/aromatic N) is 2. The van der Waals surface area contributed by atoms with Gasteiger partial charge in [0.15, 0.2) is 0 Å². The Kier molecular flexibility index (Phi) is 3.88. The average molecular weight is 226 g/mol. The lowest BCUT2D eigenvalue weighted by atomic mass is 9.96. The summed E-state index contributed by atoms with van der Waals surface area (Å²) in [6.45, 7) is 9.86. The highest BCUT2D eigenvalue weighted by Crippen LogP contribution is 2.24. The molecule has 16 heavy (non-hydrogen) atoms. The fourth-order valence-corrected chi connectivity index (χ4v) is 3.09. The van der Waals surface area contributed by atoms with Crippen molar-refractivity contribution in [3.8, 4) is 0 Å². The van der Waals surface area contributed by atoms with Crippen LogP contribution < -0.4 is 0 Å². The van der Waals surface area contributed by atoms with Crippen molar-refractivity contribution in [2.24, 2.45) is 0 Å². The van der Waals surface area contributed by atoms with Crippen LogP contribution in [0.3, 0.4) is 0 Å². The van der Waals surface area contributed by atoms with E-state index in [-0.39, 0.29) is 0 Å². The van der Waals surface area contributed by atoms with Crippen LogP contribution in [-0.4, -0.2) is 59.3 Å². The molecule has 2 aliphatic rings. The van der Waals surface area contributed by atoms with E-state index in [2.05, 4.69) is 23.6 Å². The summed E-state index contributed by atoms with van der Waals surface area (Å²) in [7, 11) is 0. The maximum absolute atomic E-state index is 10.4. The summed E-state index contributed by atoms with van der Waals surface area (Å²) in [6.07, 6.45) is 4.46. The zero-order valence-corrected chi connectivity index (χ0v) is 10.8. The van der Waals surface area contributed by atoms with Crippen LogP contribution in [0.25, 0.3) is 0 Å². The molecule has 2 rings (SSSR count). The predicted octanol–water partition coefficient (Wildman–Crippen LogP) is 1.32. The fourth-order valence-electron chi connectivity index (χ4n) is 3.09. The second-order valence-electron chi connectivity index (χ2n) is 5.50. The summed E-state index contributed by atoms with van der Waals surface area (Å²) >= 11 is 0. The molecule has 2 saturated heterocycles. The van der Waals surface area contributed by atoms with Crippen molar-refractivity contribution in [3.05, 3.63) is 0 Å². The number of hydrogen-bond acceptors (Lipinski definition) is 3. The second kappa shape index (κ2) is 5.03. The van der Waals surface area contributed by atoms with Gasteiger partial charge in [0.05, 0.1) is 5.60 Å². The van der Waals surface area contributed by atoms with Crippen LogP contribution in [0.15, 0.2) is 0 Å². The molecule has 0 spiro atoms. The monoisotopic (exact) mass is 226 g/mol. The number of β-amino-alcohol motifs (C(OH)–C–C–N with tert-alkyl or cyclic N) is 1. The quantitative estimate of drug-likeness (QED) is 0.783. The molecule has 0 radical (unpaired) electrons. The molecule has 0 aromatic heterocycles. The maximum atomic E-state index is 10.4. The van der Waals surface area contributed by atoms with Gasteiger partial charge in [-0.2, -0.15) is 0 Å². The molecular formula is C13H26N2O. The molecule has 94 valence electrons. The van der Waals surface area contributed by atoms with Gasteiger partial charge in [-0.15, -0.1) is 0 Å². The minimum Gasteiger partial charge on any atom is -0.389 e. The smallest absolute Gasteiger partial charge is 0.0768 e. The summed E-state index contributed by atoms with van der Waals surface area (Å²) in [5, 5.41) is 10.4. The lowest BCUT2D eigenvalue weighted by Crippen LogP contribution is -2.54. The molecular weight excluding hydrogens is 200 g/mol. The van der Waals surface area contributed by atoms with E-state index in [1.54, 1.807) is 0 Å². The minimum atomic E-state index is -0.458. The van der Waals surface area contributed by atoms with Gasteiger partial charge in [0, 0.05) is 32.2 Å². The third kappa shape index (κ3) is 2.58. The molecule has 0 bridgehead atoms. The first-order valence-electron chi connectivity index (χ1n) is 6.85. The lowest BCUT2D eigenvalue weighted by molar-refractivity contribution is -0.0212. The highest BCUT2D eigenvalue weighted by molar-refractivity contribution is 4.89. The van der Waals surface area contributed by atoms with E-state index in [0.717, 1.165) is 32.0 Å². The van der Waals surface area contributed by atoms with Gasteiger partial charge in [-0.05, 0) is 32.2 Å². The zero-order chi connectivity index (χ0) is 11.6. The Morgan fingerprint density at radius 3 is 2.62 bits per heavy atom. The number of rotatable bonds is 4. The number of fused-ring (bicyclic) bond motifs is 1. The molecule has 0 aromatic rings. The molecule has 1 N–H and O–H groups in total. The Hall–Kier alpha value is -0.120. The van der Waals surface area contributed by atoms with E-state index in [9.17, 15) is 5.11 Å². The largest absolute Gasteiger partial charge is 0.389 e. The summed E-state index contributed by atoms with van der Waals surface area (Å²) < 4.78 is 0. The van der Waals surface area contributed by atoms with Gasteiger partial charge in [-0.25, -0.2) is 0 Å². The van der Waals surface area contributed by atoms with E-state index in [1.165, 1.54) is 32.5 Å². The summed E-state index contributed by atoms with van der Waals surface area (Å²) in [5.74, 6) is 0. The minimum absolute atomic E-state index is 0.458. The molecule has 1 atom stereocenters. The normalized spacial score (nSPS) is 28.3. The molecule has 2 heterocycles. The van der Waals surface area contributed by atoms with Gasteiger partial charge in [-0.3, -0.25) is 9.80 Å². The van der Waals surface area contributed by atoms with Gasteiger partial charge < -0.3 is 5.11 Å². The SMILES string of the molecule is CCC(O)(CC)CN1CCN2CCCC2C1. The zero-order valence-electron chi connectivity index (χ0n) is 10.8. The number of aliphatic hydroxyl groups is 1. The van der Waals surface area contributed by atoms with Crippen LogP contribution >= 0.6 is 0 Å². The van der Waals surface area contributed by atoms with Crippen molar-refractivity contribution in [2.75, 3.05) is 32.7 Å². The predicted molar refractivity (Wildman–Crippen MR) is 66.6 cm³/mol. The highest BCUT2D eigenvalue weighted by Gasteiger charge is 2.33. The Morgan fingerprint density at radius 2 is 1.94 bits per heavy atom. The molecule has 0 saturated carbocycles. The van der Waals surface area contributed by atoms with Gasteiger partial charge in [0.25, 0.3) is 0 Å². The van der Waals surface area contributed by atoms with Crippen molar-refractivity contribution in [2.45, 2.75) is 51.2 Å². The van der Waals surface area contributed by atoms with Crippen molar-refractivity contribution < 1.29 is 5.11 Å². The number of hydrogen-bond donors (Lipinski definition) is 1. The van der Waals surface area contributed by atoms with Crippen molar-refractivity contribution in [1.82, 2.24) is 9.80 Å². The van der Waals surface area contributed by atoms with Gasteiger partial charge in [0.1, 0.15) is 0 Å². The van der Waals surface area contributed by atoms with Gasteiger partial charge in [-0.1, -0.05) is 13.8 Å². The van der Waals surface area contributed by atoms with E-state index < -0.39 is 5.60 Å². The van der Waals surface area contributed by atoms with Crippen LogP contribution in [0.2, 0.25) is 0 Å². The third-order valence-corrected chi connectivity index (χ3v) is 4.51. The molecule has 1 unspecified atom stereocenters. The van der Waals surface area contributed by atoms with Crippen LogP contribution in [0.5, 0.6) is 0 Å². The summed E-state index contributed by atoms with van der Waals surface area (Å²) in [5.41, 5.74) is -0.458. The maximum Gasteiger partial charge on any atom is 0.0768 e. The van der Waals surface area contributed by atoms with E-state index >= 15 is 0 Å². The van der Waals surface area contributed by atoms with Crippen LogP contribution in [0.1, 0.15) is 39.5 Å². The van der Waals surface area contributed by atoms with Crippen molar-refractivity contribution in [1.29, 1.82) is 0 Å². The van der Waals surface area contributed by atoms with E-state index in [0.29, 0.717) is 0 Å². The molecule has 2 aliphatic heterocycles. The van der Waals surface area contributed by atoms with Crippen LogP contribution in [-0.2, 0) is 0 Å². The Morgan fingerprint density at radius 1 is 1.19 bits per heavy atom. The van der Waals surface area contributed by atoms with Crippen molar-refractivity contribution >= 4 is 0 Å². The number of piperazine rings is 1. The Balaban J connectivity index is 1.87. The molecule has 0 amide bonds. The topological polar surface area (TPSA) is 26.7 Å². The Bertz CT molecular complexity index is 228. The first-order chi connectivity index (χ1) is 7.67. The third-order valence-electron chi connectivity index (χ3n) is 4.51. The molecule has 2 fully saturated rings. The van der Waals surface area contributed by atoms with Gasteiger partial charge >= 0.3 is 0 Å². The fraction of sp³-hybridized carbons (Fsp3) is 1.00. The standard InChI is InChI=1S/C13H26N2O/c1-3-13(16,4-2)11-14-8-9-15-7-5-6-12(15)10-14/h12,16H,3-11H2,1-2H3. The van der Waals surface area contributed by atoms with E-state index in [4.69, 9.17) is 0 Å². The van der Waals surface area contributed by atoms with E-state index in [1.807, 2.05) is 0 Å². The summed E-state index contributed by atoms with van der Waals surface area (Å²) in [6, 6.07) is 0.770. The van der Waals surface area contributed by atoms with Crippen LogP contribution in [0, 0.1) is 0 Å². The average Bonchev–Trinajstić information content (AvgIpc) is 2.76. The first-order valence-corrected chi connectivity index (χ1v) is 6.85.